The molecule has 2 heteroatoms. The van der Waals surface area contributed by atoms with Crippen molar-refractivity contribution in [3.8, 4) is 0 Å². The van der Waals surface area contributed by atoms with Crippen molar-refractivity contribution >= 4 is 5.90 Å². The third-order valence-electron chi connectivity index (χ3n) is 3.11. The highest BCUT2D eigenvalue weighted by Crippen LogP contribution is 2.32. The molecule has 0 aromatic carbocycles. The maximum Gasteiger partial charge on any atom is 0.189 e. The van der Waals surface area contributed by atoms with Gasteiger partial charge in [0.1, 0.15) is 6.61 Å². The molecule has 0 saturated heterocycles. The van der Waals surface area contributed by atoms with Crippen molar-refractivity contribution in [2.75, 3.05) is 6.61 Å². The first-order valence-electron chi connectivity index (χ1n) is 5.48. The van der Waals surface area contributed by atoms with Crippen molar-refractivity contribution in [3.05, 3.63) is 0 Å². The number of ether oxygens (including phenoxy) is 1. The van der Waals surface area contributed by atoms with Gasteiger partial charge in [0.25, 0.3) is 0 Å². The summed E-state index contributed by atoms with van der Waals surface area (Å²) in [5.74, 6) is 0.944. The second kappa shape index (κ2) is 3.56. The highest BCUT2D eigenvalue weighted by Gasteiger charge is 2.35. The van der Waals surface area contributed by atoms with Gasteiger partial charge in [0.2, 0.25) is 0 Å². The van der Waals surface area contributed by atoms with Gasteiger partial charge in [0, 0.05) is 5.41 Å². The van der Waals surface area contributed by atoms with Crippen LogP contribution in [0.25, 0.3) is 0 Å². The summed E-state index contributed by atoms with van der Waals surface area (Å²) in [6.45, 7) is 14.0. The molecule has 1 heterocycles. The molecule has 0 amide bonds. The van der Waals surface area contributed by atoms with E-state index in [1.54, 1.807) is 0 Å². The van der Waals surface area contributed by atoms with Gasteiger partial charge in [-0.1, -0.05) is 41.5 Å². The van der Waals surface area contributed by atoms with Crippen molar-refractivity contribution in [2.45, 2.75) is 54.0 Å². The molecular formula is C12H23NO. The molecule has 0 fully saturated rings. The van der Waals surface area contributed by atoms with Crippen LogP contribution in [-0.2, 0) is 4.74 Å². The molecule has 0 aromatic rings. The SMILES string of the molecule is CCC(C)(C)C1=N[C@H](C(C)(C)C)CO1. The van der Waals surface area contributed by atoms with Gasteiger partial charge < -0.3 is 4.74 Å². The Labute approximate surface area is 87.8 Å². The van der Waals surface area contributed by atoms with Crippen LogP contribution in [-0.4, -0.2) is 18.5 Å². The van der Waals surface area contributed by atoms with E-state index in [0.29, 0.717) is 6.04 Å². The molecular weight excluding hydrogens is 174 g/mol. The molecule has 1 atom stereocenters. The normalized spacial score (nSPS) is 23.3. The van der Waals surface area contributed by atoms with Crippen LogP contribution in [0.3, 0.4) is 0 Å². The maximum absolute atomic E-state index is 5.70. The standard InChI is InChI=1S/C12H23NO/c1-7-12(5,6)10-13-9(8-14-10)11(2,3)4/h9H,7-8H2,1-6H3/t9-/m0/s1. The van der Waals surface area contributed by atoms with Crippen LogP contribution in [0.2, 0.25) is 0 Å². The lowest BCUT2D eigenvalue weighted by molar-refractivity contribution is 0.220. The van der Waals surface area contributed by atoms with Gasteiger partial charge in [-0.05, 0) is 11.8 Å². The van der Waals surface area contributed by atoms with E-state index >= 15 is 0 Å². The van der Waals surface area contributed by atoms with Crippen LogP contribution in [0.15, 0.2) is 4.99 Å². The lowest BCUT2D eigenvalue weighted by atomic mass is 9.87. The zero-order chi connectivity index (χ0) is 11.0. The van der Waals surface area contributed by atoms with Gasteiger partial charge in [-0.3, -0.25) is 0 Å². The number of nitrogens with zero attached hydrogens (tertiary/aromatic N) is 1. The van der Waals surface area contributed by atoms with Gasteiger partial charge >= 0.3 is 0 Å². The van der Waals surface area contributed by atoms with Gasteiger partial charge in [0.05, 0.1) is 6.04 Å². The van der Waals surface area contributed by atoms with Crippen molar-refractivity contribution in [3.63, 3.8) is 0 Å². The molecule has 1 rings (SSSR count). The molecule has 1 aliphatic heterocycles. The molecule has 1 aliphatic rings. The average Bonchev–Trinajstić information content (AvgIpc) is 2.51. The fourth-order valence-electron chi connectivity index (χ4n) is 1.34. The second-order valence-corrected chi connectivity index (χ2v) is 5.86. The third-order valence-corrected chi connectivity index (χ3v) is 3.11. The van der Waals surface area contributed by atoms with Gasteiger partial charge in [-0.25, -0.2) is 4.99 Å². The fourth-order valence-corrected chi connectivity index (χ4v) is 1.34. The van der Waals surface area contributed by atoms with Crippen LogP contribution in [0.5, 0.6) is 0 Å². The van der Waals surface area contributed by atoms with Crippen molar-refractivity contribution in [1.82, 2.24) is 0 Å². The summed E-state index contributed by atoms with van der Waals surface area (Å²) >= 11 is 0. The minimum Gasteiger partial charge on any atom is -0.478 e. The molecule has 0 spiro atoms. The zero-order valence-corrected chi connectivity index (χ0v) is 10.3. The van der Waals surface area contributed by atoms with Crippen LogP contribution in [0.1, 0.15) is 48.0 Å². The van der Waals surface area contributed by atoms with Crippen molar-refractivity contribution in [2.24, 2.45) is 15.8 Å². The number of aliphatic imine (C=N–C) groups is 1. The highest BCUT2D eigenvalue weighted by molar-refractivity contribution is 5.83. The number of rotatable bonds is 2. The molecule has 0 saturated carbocycles. The summed E-state index contributed by atoms with van der Waals surface area (Å²) < 4.78 is 5.70. The molecule has 2 nitrogen and oxygen atoms in total. The largest absolute Gasteiger partial charge is 0.478 e. The first-order valence-corrected chi connectivity index (χ1v) is 5.48. The van der Waals surface area contributed by atoms with Crippen molar-refractivity contribution < 1.29 is 4.74 Å². The summed E-state index contributed by atoms with van der Waals surface area (Å²) in [5.41, 5.74) is 0.311. The summed E-state index contributed by atoms with van der Waals surface area (Å²) in [6.07, 6.45) is 1.07. The lowest BCUT2D eigenvalue weighted by Crippen LogP contribution is -2.25. The van der Waals surface area contributed by atoms with Crippen LogP contribution >= 0.6 is 0 Å². The van der Waals surface area contributed by atoms with E-state index in [4.69, 9.17) is 9.73 Å². The van der Waals surface area contributed by atoms with Crippen molar-refractivity contribution in [1.29, 1.82) is 0 Å². The first kappa shape index (κ1) is 11.5. The van der Waals surface area contributed by atoms with Crippen LogP contribution < -0.4 is 0 Å². The highest BCUT2D eigenvalue weighted by atomic mass is 16.5. The lowest BCUT2D eigenvalue weighted by Gasteiger charge is -2.22. The molecule has 0 radical (unpaired) electrons. The summed E-state index contributed by atoms with van der Waals surface area (Å²) in [4.78, 5) is 4.70. The van der Waals surface area contributed by atoms with E-state index in [1.165, 1.54) is 0 Å². The van der Waals surface area contributed by atoms with Crippen LogP contribution in [0.4, 0.5) is 0 Å². The van der Waals surface area contributed by atoms with E-state index in [0.717, 1.165) is 18.9 Å². The summed E-state index contributed by atoms with van der Waals surface area (Å²) in [5, 5.41) is 0. The Morgan fingerprint density at radius 1 is 1.29 bits per heavy atom. The first-order chi connectivity index (χ1) is 6.27. The molecule has 82 valence electrons. The fraction of sp³-hybridized carbons (Fsp3) is 0.917. The van der Waals surface area contributed by atoms with E-state index in [1.807, 2.05) is 0 Å². The Morgan fingerprint density at radius 3 is 2.21 bits per heavy atom. The van der Waals surface area contributed by atoms with E-state index in [-0.39, 0.29) is 10.8 Å². The maximum atomic E-state index is 5.70. The Hall–Kier alpha value is -0.530. The summed E-state index contributed by atoms with van der Waals surface area (Å²) in [7, 11) is 0. The Kier molecular flexibility index (Phi) is 2.93. The second-order valence-electron chi connectivity index (χ2n) is 5.86. The Bertz CT molecular complexity index is 235. The monoisotopic (exact) mass is 197 g/mol. The number of hydrogen-bond donors (Lipinski definition) is 0. The van der Waals surface area contributed by atoms with E-state index in [2.05, 4.69) is 41.5 Å². The van der Waals surface area contributed by atoms with E-state index in [9.17, 15) is 0 Å². The average molecular weight is 197 g/mol. The molecule has 0 bridgehead atoms. The molecule has 0 aliphatic carbocycles. The van der Waals surface area contributed by atoms with Crippen LogP contribution in [0, 0.1) is 10.8 Å². The quantitative estimate of drug-likeness (QED) is 0.666. The van der Waals surface area contributed by atoms with Gasteiger partial charge in [-0.2, -0.15) is 0 Å². The Morgan fingerprint density at radius 2 is 1.86 bits per heavy atom. The summed E-state index contributed by atoms with van der Waals surface area (Å²) in [6, 6.07) is 0.323. The van der Waals surface area contributed by atoms with Gasteiger partial charge in [-0.15, -0.1) is 0 Å². The molecule has 0 N–H and O–H groups in total. The predicted molar refractivity (Wildman–Crippen MR) is 60.7 cm³/mol. The topological polar surface area (TPSA) is 21.6 Å². The van der Waals surface area contributed by atoms with E-state index < -0.39 is 0 Å². The minimum atomic E-state index is 0.0972. The minimum absolute atomic E-state index is 0.0972. The Balaban J connectivity index is 2.78. The zero-order valence-electron chi connectivity index (χ0n) is 10.3. The smallest absolute Gasteiger partial charge is 0.189 e. The molecule has 0 unspecified atom stereocenters. The predicted octanol–water partition coefficient (Wildman–Crippen LogP) is 3.27. The molecule has 14 heavy (non-hydrogen) atoms. The third kappa shape index (κ3) is 2.28. The van der Waals surface area contributed by atoms with Gasteiger partial charge in [0.15, 0.2) is 5.90 Å². The molecule has 0 aromatic heterocycles. The number of hydrogen-bond acceptors (Lipinski definition) is 2.